The second-order valence-electron chi connectivity index (χ2n) is 4.28. The van der Waals surface area contributed by atoms with Gasteiger partial charge in [-0.05, 0) is 19.4 Å². The number of anilines is 2. The van der Waals surface area contributed by atoms with Crippen molar-refractivity contribution in [2.75, 3.05) is 23.4 Å². The van der Waals surface area contributed by atoms with Crippen LogP contribution in [0.3, 0.4) is 0 Å². The second kappa shape index (κ2) is 4.67. The number of hydrogen-bond donors (Lipinski definition) is 3. The molecule has 5 heteroatoms. The van der Waals surface area contributed by atoms with Crippen molar-refractivity contribution >= 4 is 11.5 Å². The van der Waals surface area contributed by atoms with E-state index in [0.717, 1.165) is 25.2 Å². The molecule has 0 radical (unpaired) electrons. The smallest absolute Gasteiger partial charge is 0.141 e. The van der Waals surface area contributed by atoms with Crippen molar-refractivity contribution < 1.29 is 5.11 Å². The number of nitrogens with two attached hydrogens (primary N) is 1. The van der Waals surface area contributed by atoms with Crippen molar-refractivity contribution in [3.8, 4) is 0 Å². The third-order valence-corrected chi connectivity index (χ3v) is 3.16. The number of nitrogens with zero attached hydrogens (tertiary/aromatic N) is 2. The van der Waals surface area contributed by atoms with E-state index in [9.17, 15) is 5.11 Å². The highest BCUT2D eigenvalue weighted by atomic mass is 16.3. The van der Waals surface area contributed by atoms with Crippen molar-refractivity contribution in [2.24, 2.45) is 11.8 Å². The zero-order valence-electron chi connectivity index (χ0n) is 9.43. The Morgan fingerprint density at radius 1 is 1.69 bits per heavy atom. The fourth-order valence-electron chi connectivity index (χ4n) is 2.11. The molecule has 2 unspecified atom stereocenters. The fourth-order valence-corrected chi connectivity index (χ4v) is 2.11. The van der Waals surface area contributed by atoms with Crippen molar-refractivity contribution in [3.05, 3.63) is 18.3 Å². The molecule has 88 valence electrons. The molecule has 0 aliphatic carbocycles. The number of aromatic nitrogens is 1. The van der Waals surface area contributed by atoms with Crippen LogP contribution in [0.4, 0.5) is 11.5 Å². The Morgan fingerprint density at radius 2 is 2.50 bits per heavy atom. The summed E-state index contributed by atoms with van der Waals surface area (Å²) >= 11 is 0. The molecular weight excluding hydrogens is 204 g/mol. The van der Waals surface area contributed by atoms with Gasteiger partial charge in [0.2, 0.25) is 0 Å². The standard InChI is InChI=1S/C11H18N4O/c1-8(16)9-3-5-15(7-9)10-2-4-13-11(6-10)14-12/h2,4,6,8-9,16H,3,5,7,12H2,1H3,(H,13,14). The molecule has 0 saturated carbocycles. The Balaban J connectivity index is 2.08. The summed E-state index contributed by atoms with van der Waals surface area (Å²) in [4.78, 5) is 6.32. The SMILES string of the molecule is CC(O)C1CCN(c2ccnc(NN)c2)C1. The lowest BCUT2D eigenvalue weighted by Gasteiger charge is -2.20. The van der Waals surface area contributed by atoms with Gasteiger partial charge in [0.05, 0.1) is 6.10 Å². The van der Waals surface area contributed by atoms with E-state index in [2.05, 4.69) is 15.3 Å². The summed E-state index contributed by atoms with van der Waals surface area (Å²) < 4.78 is 0. The van der Waals surface area contributed by atoms with Crippen LogP contribution < -0.4 is 16.2 Å². The number of rotatable bonds is 3. The molecule has 2 heterocycles. The lowest BCUT2D eigenvalue weighted by Crippen LogP contribution is -2.24. The van der Waals surface area contributed by atoms with Gasteiger partial charge < -0.3 is 15.4 Å². The largest absolute Gasteiger partial charge is 0.393 e. The summed E-state index contributed by atoms with van der Waals surface area (Å²) in [5, 5.41) is 9.55. The van der Waals surface area contributed by atoms with E-state index in [-0.39, 0.29) is 6.10 Å². The van der Waals surface area contributed by atoms with Crippen LogP contribution in [0.1, 0.15) is 13.3 Å². The number of aliphatic hydroxyl groups excluding tert-OH is 1. The summed E-state index contributed by atoms with van der Waals surface area (Å²) in [7, 11) is 0. The molecule has 0 amide bonds. The summed E-state index contributed by atoms with van der Waals surface area (Å²) in [5.41, 5.74) is 3.64. The Bertz CT molecular complexity index is 356. The summed E-state index contributed by atoms with van der Waals surface area (Å²) in [6.07, 6.45) is 2.53. The van der Waals surface area contributed by atoms with Crippen molar-refractivity contribution in [1.29, 1.82) is 0 Å². The fraction of sp³-hybridized carbons (Fsp3) is 0.545. The van der Waals surface area contributed by atoms with E-state index in [1.807, 2.05) is 19.1 Å². The van der Waals surface area contributed by atoms with Gasteiger partial charge in [-0.3, -0.25) is 0 Å². The third kappa shape index (κ3) is 2.25. The molecule has 0 spiro atoms. The van der Waals surface area contributed by atoms with Crippen LogP contribution in [0.2, 0.25) is 0 Å². The van der Waals surface area contributed by atoms with E-state index in [1.54, 1.807) is 6.20 Å². The van der Waals surface area contributed by atoms with Crippen LogP contribution in [0.15, 0.2) is 18.3 Å². The summed E-state index contributed by atoms with van der Waals surface area (Å²) in [6.45, 7) is 3.73. The van der Waals surface area contributed by atoms with Crippen molar-refractivity contribution in [3.63, 3.8) is 0 Å². The van der Waals surface area contributed by atoms with Gasteiger partial charge in [0.25, 0.3) is 0 Å². The third-order valence-electron chi connectivity index (χ3n) is 3.16. The van der Waals surface area contributed by atoms with Crippen LogP contribution >= 0.6 is 0 Å². The van der Waals surface area contributed by atoms with Gasteiger partial charge in [-0.2, -0.15) is 0 Å². The minimum atomic E-state index is -0.237. The molecule has 0 bridgehead atoms. The van der Waals surface area contributed by atoms with Crippen LogP contribution in [0.25, 0.3) is 0 Å². The molecule has 16 heavy (non-hydrogen) atoms. The molecular formula is C11H18N4O. The maximum absolute atomic E-state index is 9.55. The van der Waals surface area contributed by atoms with E-state index in [0.29, 0.717) is 11.7 Å². The van der Waals surface area contributed by atoms with Gasteiger partial charge in [-0.15, -0.1) is 0 Å². The zero-order chi connectivity index (χ0) is 11.5. The maximum atomic E-state index is 9.55. The van der Waals surface area contributed by atoms with E-state index < -0.39 is 0 Å². The highest BCUT2D eigenvalue weighted by Gasteiger charge is 2.26. The van der Waals surface area contributed by atoms with Gasteiger partial charge in [0.15, 0.2) is 0 Å². The minimum Gasteiger partial charge on any atom is -0.393 e. The number of pyridine rings is 1. The molecule has 1 aliphatic rings. The van der Waals surface area contributed by atoms with E-state index in [4.69, 9.17) is 5.84 Å². The van der Waals surface area contributed by atoms with Crippen LogP contribution in [-0.4, -0.2) is 29.3 Å². The predicted molar refractivity (Wildman–Crippen MR) is 64.0 cm³/mol. The van der Waals surface area contributed by atoms with Gasteiger partial charge >= 0.3 is 0 Å². The van der Waals surface area contributed by atoms with Crippen molar-refractivity contribution in [1.82, 2.24) is 4.98 Å². The topological polar surface area (TPSA) is 74.4 Å². The zero-order valence-corrected chi connectivity index (χ0v) is 9.43. The maximum Gasteiger partial charge on any atom is 0.141 e. The Hall–Kier alpha value is -1.33. The summed E-state index contributed by atoms with van der Waals surface area (Å²) in [5.74, 6) is 6.35. The first-order valence-electron chi connectivity index (χ1n) is 5.56. The van der Waals surface area contributed by atoms with Crippen LogP contribution in [0, 0.1) is 5.92 Å². The molecule has 1 aliphatic heterocycles. The van der Waals surface area contributed by atoms with Gasteiger partial charge in [0.1, 0.15) is 5.82 Å². The van der Waals surface area contributed by atoms with E-state index in [1.165, 1.54) is 0 Å². The molecule has 1 aromatic rings. The number of nitrogens with one attached hydrogen (secondary N) is 1. The minimum absolute atomic E-state index is 0.237. The number of nitrogen functional groups attached to an aromatic ring is 1. The average Bonchev–Trinajstić information content (AvgIpc) is 2.78. The number of hydrazine groups is 1. The number of aliphatic hydroxyl groups is 1. The Kier molecular flexibility index (Phi) is 3.26. The quantitative estimate of drug-likeness (QED) is 0.515. The first-order chi connectivity index (χ1) is 7.70. The lowest BCUT2D eigenvalue weighted by molar-refractivity contribution is 0.136. The molecule has 2 rings (SSSR count). The predicted octanol–water partition coefficient (Wildman–Crippen LogP) is 0.574. The first-order valence-corrected chi connectivity index (χ1v) is 5.56. The molecule has 1 saturated heterocycles. The first kappa shape index (κ1) is 11.2. The molecule has 2 atom stereocenters. The lowest BCUT2D eigenvalue weighted by atomic mass is 10.0. The molecule has 1 fully saturated rings. The van der Waals surface area contributed by atoms with Crippen LogP contribution in [0.5, 0.6) is 0 Å². The highest BCUT2D eigenvalue weighted by molar-refractivity contribution is 5.54. The van der Waals surface area contributed by atoms with Gasteiger partial charge in [-0.1, -0.05) is 0 Å². The molecule has 4 N–H and O–H groups in total. The highest BCUT2D eigenvalue weighted by Crippen LogP contribution is 2.26. The Morgan fingerprint density at radius 3 is 3.12 bits per heavy atom. The molecule has 1 aromatic heterocycles. The average molecular weight is 222 g/mol. The summed E-state index contributed by atoms with van der Waals surface area (Å²) in [6, 6.07) is 3.88. The monoisotopic (exact) mass is 222 g/mol. The molecule has 5 nitrogen and oxygen atoms in total. The Labute approximate surface area is 95.2 Å². The van der Waals surface area contributed by atoms with Crippen LogP contribution in [-0.2, 0) is 0 Å². The normalized spacial score (nSPS) is 22.2. The second-order valence-corrected chi connectivity index (χ2v) is 4.28. The van der Waals surface area contributed by atoms with Gasteiger partial charge in [0, 0.05) is 37.0 Å². The van der Waals surface area contributed by atoms with Gasteiger partial charge in [-0.25, -0.2) is 10.8 Å². The van der Waals surface area contributed by atoms with Crippen molar-refractivity contribution in [2.45, 2.75) is 19.4 Å². The number of hydrogen-bond acceptors (Lipinski definition) is 5. The molecule has 0 aromatic carbocycles. The van der Waals surface area contributed by atoms with E-state index >= 15 is 0 Å².